The average molecular weight is 252 g/mol. The van der Waals surface area contributed by atoms with Crippen LogP contribution in [-0.2, 0) is 4.79 Å². The highest BCUT2D eigenvalue weighted by Crippen LogP contribution is 2.50. The van der Waals surface area contributed by atoms with E-state index in [1.807, 2.05) is 0 Å². The van der Waals surface area contributed by atoms with Crippen LogP contribution in [0.5, 0.6) is 0 Å². The third-order valence-electron chi connectivity index (χ3n) is 4.56. The predicted octanol–water partition coefficient (Wildman–Crippen LogP) is 2.90. The van der Waals surface area contributed by atoms with Crippen LogP contribution in [-0.4, -0.2) is 29.6 Å². The normalized spacial score (nSPS) is 29.9. The molecule has 104 valence electrons. The minimum absolute atomic E-state index is 0.0685. The van der Waals surface area contributed by atoms with E-state index in [1.54, 1.807) is 0 Å². The lowest BCUT2D eigenvalue weighted by Gasteiger charge is -2.28. The van der Waals surface area contributed by atoms with Crippen LogP contribution in [0.1, 0.15) is 65.7 Å². The van der Waals surface area contributed by atoms with Crippen molar-refractivity contribution in [2.75, 3.05) is 6.54 Å². The summed E-state index contributed by atoms with van der Waals surface area (Å²) < 4.78 is 0. The molecule has 0 radical (unpaired) electrons. The summed E-state index contributed by atoms with van der Waals surface area (Å²) >= 11 is 0. The van der Waals surface area contributed by atoms with Gasteiger partial charge in [0, 0.05) is 6.54 Å². The largest absolute Gasteiger partial charge is 0.325 e. The predicted molar refractivity (Wildman–Crippen MR) is 74.2 cm³/mol. The van der Waals surface area contributed by atoms with E-state index in [0.717, 1.165) is 25.8 Å². The van der Waals surface area contributed by atoms with Crippen LogP contribution in [0.2, 0.25) is 0 Å². The molecule has 1 amide bonds. The maximum atomic E-state index is 12.4. The molecule has 3 heteroatoms. The highest BCUT2D eigenvalue weighted by Gasteiger charge is 2.47. The monoisotopic (exact) mass is 252 g/mol. The van der Waals surface area contributed by atoms with E-state index in [9.17, 15) is 4.79 Å². The first-order chi connectivity index (χ1) is 8.65. The van der Waals surface area contributed by atoms with E-state index >= 15 is 0 Å². The first kappa shape index (κ1) is 13.9. The lowest BCUT2D eigenvalue weighted by Crippen LogP contribution is -2.41. The zero-order chi connectivity index (χ0) is 13.2. The van der Waals surface area contributed by atoms with Crippen LogP contribution in [0.25, 0.3) is 0 Å². The van der Waals surface area contributed by atoms with E-state index in [2.05, 4.69) is 31.0 Å². The Hall–Kier alpha value is -0.570. The molecule has 0 aromatic carbocycles. The lowest BCUT2D eigenvalue weighted by molar-refractivity contribution is -0.131. The van der Waals surface area contributed by atoms with E-state index in [4.69, 9.17) is 0 Å². The summed E-state index contributed by atoms with van der Waals surface area (Å²) in [7, 11) is 0. The van der Waals surface area contributed by atoms with Gasteiger partial charge in [0.15, 0.2) is 0 Å². The molecule has 2 rings (SSSR count). The number of nitrogens with zero attached hydrogens (tertiary/aromatic N) is 1. The Bertz CT molecular complexity index is 299. The molecule has 1 saturated carbocycles. The third-order valence-corrected chi connectivity index (χ3v) is 4.56. The molecule has 1 saturated heterocycles. The molecule has 1 heterocycles. The Morgan fingerprint density at radius 2 is 2.00 bits per heavy atom. The molecule has 2 fully saturated rings. The summed E-state index contributed by atoms with van der Waals surface area (Å²) in [6.45, 7) is 7.54. The van der Waals surface area contributed by atoms with Gasteiger partial charge in [-0.15, -0.1) is 0 Å². The third kappa shape index (κ3) is 2.71. The second-order valence-electron chi connectivity index (χ2n) is 6.15. The molecule has 1 aliphatic carbocycles. The summed E-state index contributed by atoms with van der Waals surface area (Å²) in [4.78, 5) is 14.5. The van der Waals surface area contributed by atoms with Crippen molar-refractivity contribution in [2.45, 2.75) is 77.9 Å². The van der Waals surface area contributed by atoms with Gasteiger partial charge < -0.3 is 4.90 Å². The van der Waals surface area contributed by atoms with Crippen molar-refractivity contribution in [1.29, 1.82) is 0 Å². The van der Waals surface area contributed by atoms with Gasteiger partial charge in [0.1, 0.15) is 0 Å². The van der Waals surface area contributed by atoms with Gasteiger partial charge in [-0.25, -0.2) is 0 Å². The molecular formula is C15H28N2O. The minimum atomic E-state index is 0.0685. The zero-order valence-electron chi connectivity index (χ0n) is 12.2. The van der Waals surface area contributed by atoms with Gasteiger partial charge >= 0.3 is 0 Å². The second kappa shape index (κ2) is 5.60. The van der Waals surface area contributed by atoms with Crippen LogP contribution in [0.4, 0.5) is 0 Å². The maximum Gasteiger partial charge on any atom is 0.241 e. The van der Waals surface area contributed by atoms with Crippen molar-refractivity contribution in [1.82, 2.24) is 10.2 Å². The number of rotatable bonds is 7. The highest BCUT2D eigenvalue weighted by molar-refractivity contribution is 5.84. The lowest BCUT2D eigenvalue weighted by atomic mass is 9.99. The summed E-state index contributed by atoms with van der Waals surface area (Å²) in [6, 6.07) is 0.0685. The Kier molecular flexibility index (Phi) is 4.31. The Morgan fingerprint density at radius 1 is 1.28 bits per heavy atom. The first-order valence-electron chi connectivity index (χ1n) is 7.72. The summed E-state index contributed by atoms with van der Waals surface area (Å²) in [6.07, 6.45) is 8.60. The van der Waals surface area contributed by atoms with Gasteiger partial charge in [-0.1, -0.05) is 33.6 Å². The summed E-state index contributed by atoms with van der Waals surface area (Å²) in [5.41, 5.74) is 0.473. The van der Waals surface area contributed by atoms with Crippen LogP contribution in [0.3, 0.4) is 0 Å². The van der Waals surface area contributed by atoms with Crippen molar-refractivity contribution in [3.8, 4) is 0 Å². The van der Waals surface area contributed by atoms with Crippen LogP contribution >= 0.6 is 0 Å². The standard InChI is InChI=1S/C15H28N2O/c1-4-7-13-16-12(6-3)14(18)17(13)11-15(8-5-2)9-10-15/h12-13,16H,4-11H2,1-3H3. The van der Waals surface area contributed by atoms with Gasteiger partial charge in [0.05, 0.1) is 12.2 Å². The van der Waals surface area contributed by atoms with E-state index < -0.39 is 0 Å². The fraction of sp³-hybridized carbons (Fsp3) is 0.933. The quantitative estimate of drug-likeness (QED) is 0.755. The highest BCUT2D eigenvalue weighted by atomic mass is 16.2. The van der Waals surface area contributed by atoms with Gasteiger partial charge in [-0.05, 0) is 37.5 Å². The Labute approximate surface area is 111 Å². The van der Waals surface area contributed by atoms with Crippen molar-refractivity contribution in [3.63, 3.8) is 0 Å². The molecule has 1 aliphatic heterocycles. The SMILES string of the molecule is CCCC1NC(CC)C(=O)N1CC1(CCC)CC1. The van der Waals surface area contributed by atoms with Crippen molar-refractivity contribution >= 4 is 5.91 Å². The van der Waals surface area contributed by atoms with Crippen LogP contribution in [0, 0.1) is 5.41 Å². The number of nitrogens with one attached hydrogen (secondary N) is 1. The van der Waals surface area contributed by atoms with Gasteiger partial charge in [-0.2, -0.15) is 0 Å². The Balaban J connectivity index is 2.01. The molecule has 0 bridgehead atoms. The summed E-state index contributed by atoms with van der Waals surface area (Å²) in [5, 5.41) is 3.51. The number of hydrogen-bond acceptors (Lipinski definition) is 2. The van der Waals surface area contributed by atoms with Gasteiger partial charge in [0.25, 0.3) is 0 Å². The molecular weight excluding hydrogens is 224 g/mol. The molecule has 0 spiro atoms. The fourth-order valence-corrected chi connectivity index (χ4v) is 3.30. The van der Waals surface area contributed by atoms with E-state index in [1.165, 1.54) is 25.7 Å². The molecule has 1 N–H and O–H groups in total. The summed E-state index contributed by atoms with van der Waals surface area (Å²) in [5.74, 6) is 0.346. The first-order valence-corrected chi connectivity index (χ1v) is 7.72. The smallest absolute Gasteiger partial charge is 0.241 e. The zero-order valence-corrected chi connectivity index (χ0v) is 12.2. The second-order valence-corrected chi connectivity index (χ2v) is 6.15. The maximum absolute atomic E-state index is 12.4. The number of carbonyl (C=O) groups is 1. The topological polar surface area (TPSA) is 32.3 Å². The van der Waals surface area contributed by atoms with Crippen molar-refractivity contribution < 1.29 is 4.79 Å². The molecule has 2 atom stereocenters. The van der Waals surface area contributed by atoms with Gasteiger partial charge in [-0.3, -0.25) is 10.1 Å². The number of hydrogen-bond donors (Lipinski definition) is 1. The molecule has 2 aliphatic rings. The van der Waals surface area contributed by atoms with Crippen molar-refractivity contribution in [2.24, 2.45) is 5.41 Å². The minimum Gasteiger partial charge on any atom is -0.325 e. The van der Waals surface area contributed by atoms with Gasteiger partial charge in [0.2, 0.25) is 5.91 Å². The average Bonchev–Trinajstić information content (AvgIpc) is 3.05. The molecule has 3 nitrogen and oxygen atoms in total. The molecule has 0 aromatic heterocycles. The van der Waals surface area contributed by atoms with Crippen LogP contribution in [0.15, 0.2) is 0 Å². The number of carbonyl (C=O) groups excluding carboxylic acids is 1. The van der Waals surface area contributed by atoms with E-state index in [-0.39, 0.29) is 6.04 Å². The molecule has 2 unspecified atom stereocenters. The van der Waals surface area contributed by atoms with Crippen molar-refractivity contribution in [3.05, 3.63) is 0 Å². The number of amides is 1. The molecule has 18 heavy (non-hydrogen) atoms. The van der Waals surface area contributed by atoms with E-state index in [0.29, 0.717) is 17.5 Å². The van der Waals surface area contributed by atoms with Crippen LogP contribution < -0.4 is 5.32 Å². The fourth-order valence-electron chi connectivity index (χ4n) is 3.30. The Morgan fingerprint density at radius 3 is 2.50 bits per heavy atom. The molecule has 0 aromatic rings.